The van der Waals surface area contributed by atoms with E-state index in [4.69, 9.17) is 11.6 Å². The molecule has 2 aromatic carbocycles. The second kappa shape index (κ2) is 9.38. The average molecular weight is 574 g/mol. The van der Waals surface area contributed by atoms with E-state index < -0.39 is 32.6 Å². The van der Waals surface area contributed by atoms with Crippen molar-refractivity contribution in [3.05, 3.63) is 89.6 Å². The molecule has 204 valence electrons. The van der Waals surface area contributed by atoms with E-state index in [1.807, 2.05) is 0 Å². The molecule has 1 saturated carbocycles. The topological polar surface area (TPSA) is 124 Å². The van der Waals surface area contributed by atoms with Crippen LogP contribution in [-0.2, 0) is 17.1 Å². The summed E-state index contributed by atoms with van der Waals surface area (Å²) < 4.78 is 44.5. The van der Waals surface area contributed by atoms with E-state index in [0.717, 1.165) is 10.8 Å². The number of sulfonamides is 1. The summed E-state index contributed by atoms with van der Waals surface area (Å²) in [5.74, 6) is -0.577. The van der Waals surface area contributed by atoms with Gasteiger partial charge in [-0.3, -0.25) is 28.0 Å². The zero-order chi connectivity index (χ0) is 28.4. The van der Waals surface area contributed by atoms with Gasteiger partial charge >= 0.3 is 5.69 Å². The van der Waals surface area contributed by atoms with Crippen LogP contribution >= 0.6 is 11.6 Å². The number of rotatable bonds is 6. The smallest absolute Gasteiger partial charge is 0.336 e. The van der Waals surface area contributed by atoms with Crippen molar-refractivity contribution in [3.63, 3.8) is 0 Å². The van der Waals surface area contributed by atoms with Gasteiger partial charge in [0.25, 0.3) is 11.1 Å². The Morgan fingerprint density at radius 3 is 2.33 bits per heavy atom. The van der Waals surface area contributed by atoms with Crippen molar-refractivity contribution >= 4 is 49.7 Å². The Bertz CT molecular complexity index is 1980. The SMILES string of the molecule is Cc1ccc(Nc2c3c(=O)n(C4CC4)c(=O)n(-c4cc(Cl)cc(NS(C)(=O)=O)c4)c3c(C)c(=O)n2C)c(F)c1. The number of pyridine rings is 1. The highest BCUT2D eigenvalue weighted by Crippen LogP contribution is 2.34. The van der Waals surface area contributed by atoms with E-state index in [1.54, 1.807) is 13.0 Å². The fourth-order valence-corrected chi connectivity index (χ4v) is 5.46. The minimum Gasteiger partial charge on any atom is -0.338 e. The molecule has 10 nitrogen and oxygen atoms in total. The molecule has 1 aliphatic rings. The van der Waals surface area contributed by atoms with Gasteiger partial charge in [-0.1, -0.05) is 17.7 Å². The molecule has 13 heteroatoms. The van der Waals surface area contributed by atoms with Gasteiger partial charge in [-0.15, -0.1) is 0 Å². The lowest BCUT2D eigenvalue weighted by Crippen LogP contribution is -2.41. The predicted octanol–water partition coefficient (Wildman–Crippen LogP) is 3.71. The van der Waals surface area contributed by atoms with Crippen LogP contribution in [0.1, 0.15) is 30.0 Å². The summed E-state index contributed by atoms with van der Waals surface area (Å²) in [5.41, 5.74) is -0.795. The highest BCUT2D eigenvalue weighted by molar-refractivity contribution is 7.92. The molecule has 0 atom stereocenters. The van der Waals surface area contributed by atoms with Gasteiger partial charge in [0.15, 0.2) is 0 Å². The highest BCUT2D eigenvalue weighted by atomic mass is 35.5. The van der Waals surface area contributed by atoms with Gasteiger partial charge in [0.2, 0.25) is 10.0 Å². The molecular weight excluding hydrogens is 549 g/mol. The molecule has 1 aliphatic carbocycles. The number of aromatic nitrogens is 3. The first-order valence-corrected chi connectivity index (χ1v) is 14.3. The van der Waals surface area contributed by atoms with Crippen LogP contribution in [-0.4, -0.2) is 28.4 Å². The maximum atomic E-state index is 14.8. The Kier molecular flexibility index (Phi) is 6.42. The number of benzene rings is 2. The molecule has 0 unspecified atom stereocenters. The van der Waals surface area contributed by atoms with Gasteiger partial charge in [-0.25, -0.2) is 17.6 Å². The van der Waals surface area contributed by atoms with Crippen molar-refractivity contribution in [3.8, 4) is 5.69 Å². The zero-order valence-electron chi connectivity index (χ0n) is 21.5. The molecule has 0 radical (unpaired) electrons. The van der Waals surface area contributed by atoms with E-state index in [-0.39, 0.29) is 50.4 Å². The Morgan fingerprint density at radius 2 is 1.72 bits per heavy atom. The van der Waals surface area contributed by atoms with E-state index in [0.29, 0.717) is 18.4 Å². The maximum absolute atomic E-state index is 14.8. The normalized spacial score (nSPS) is 13.6. The first-order valence-electron chi connectivity index (χ1n) is 12.0. The summed E-state index contributed by atoms with van der Waals surface area (Å²) in [6, 6.07) is 8.33. The Balaban J connectivity index is 1.92. The predicted molar refractivity (Wildman–Crippen MR) is 150 cm³/mol. The Morgan fingerprint density at radius 1 is 1.03 bits per heavy atom. The van der Waals surface area contributed by atoms with Crippen molar-refractivity contribution in [2.75, 3.05) is 16.3 Å². The third-order valence-corrected chi connectivity index (χ3v) is 7.40. The van der Waals surface area contributed by atoms with Crippen molar-refractivity contribution in [1.82, 2.24) is 13.7 Å². The van der Waals surface area contributed by atoms with E-state index in [1.165, 1.54) is 53.4 Å². The van der Waals surface area contributed by atoms with E-state index in [2.05, 4.69) is 10.0 Å². The van der Waals surface area contributed by atoms with Crippen LogP contribution in [0.2, 0.25) is 5.02 Å². The first kappa shape index (κ1) is 26.7. The van der Waals surface area contributed by atoms with Gasteiger partial charge < -0.3 is 5.32 Å². The molecule has 1 fully saturated rings. The monoisotopic (exact) mass is 573 g/mol. The lowest BCUT2D eigenvalue weighted by atomic mass is 10.1. The third kappa shape index (κ3) is 4.85. The molecule has 2 heterocycles. The van der Waals surface area contributed by atoms with E-state index >= 15 is 0 Å². The van der Waals surface area contributed by atoms with Crippen LogP contribution in [0, 0.1) is 19.7 Å². The standard InChI is InChI=1S/C26H25ClFN5O5S/c1-13-5-8-20(19(28)9-13)29-23-21-22(14(2)24(34)31(23)3)32(26(36)33(25(21)35)17-6-7-17)18-11-15(27)10-16(12-18)30-39(4,37)38/h5,8-12,17,29-30H,6-7H2,1-4H3. The fourth-order valence-electron chi connectivity index (χ4n) is 4.68. The third-order valence-electron chi connectivity index (χ3n) is 6.58. The first-order chi connectivity index (χ1) is 18.3. The summed E-state index contributed by atoms with van der Waals surface area (Å²) in [6.07, 6.45) is 2.19. The molecule has 4 aromatic rings. The van der Waals surface area contributed by atoms with Crippen molar-refractivity contribution < 1.29 is 12.8 Å². The van der Waals surface area contributed by atoms with Gasteiger partial charge in [0, 0.05) is 23.7 Å². The molecule has 2 aromatic heterocycles. The number of nitrogens with zero attached hydrogens (tertiary/aromatic N) is 3. The van der Waals surface area contributed by atoms with Gasteiger partial charge in [0.1, 0.15) is 17.0 Å². The van der Waals surface area contributed by atoms with Gasteiger partial charge in [-0.2, -0.15) is 0 Å². The number of fused-ring (bicyclic) bond motifs is 1. The minimum atomic E-state index is -3.68. The number of hydrogen-bond acceptors (Lipinski definition) is 6. The summed E-state index contributed by atoms with van der Waals surface area (Å²) in [4.78, 5) is 41.1. The second-order valence-corrected chi connectivity index (χ2v) is 12.0. The second-order valence-electron chi connectivity index (χ2n) is 9.77. The molecule has 2 N–H and O–H groups in total. The largest absolute Gasteiger partial charge is 0.338 e. The summed E-state index contributed by atoms with van der Waals surface area (Å²) in [5, 5.41) is 3.01. The molecule has 0 spiro atoms. The summed E-state index contributed by atoms with van der Waals surface area (Å²) in [7, 11) is -2.23. The lowest BCUT2D eigenvalue weighted by Gasteiger charge is -2.21. The molecule has 0 bridgehead atoms. The number of anilines is 3. The van der Waals surface area contributed by atoms with Crippen LogP contribution in [0.15, 0.2) is 50.8 Å². The number of halogens is 2. The zero-order valence-corrected chi connectivity index (χ0v) is 23.1. The van der Waals surface area contributed by atoms with Crippen LogP contribution in [0.4, 0.5) is 21.6 Å². The van der Waals surface area contributed by atoms with Crippen LogP contribution < -0.4 is 26.8 Å². The Labute approximate surface area is 227 Å². The fraction of sp³-hybridized carbons (Fsp3) is 0.269. The number of hydrogen-bond donors (Lipinski definition) is 2. The minimum absolute atomic E-state index is 0.00123. The van der Waals surface area contributed by atoms with Crippen LogP contribution in [0.25, 0.3) is 16.6 Å². The van der Waals surface area contributed by atoms with Gasteiger partial charge in [0.05, 0.1) is 28.8 Å². The van der Waals surface area contributed by atoms with E-state index in [9.17, 15) is 27.2 Å². The maximum Gasteiger partial charge on any atom is 0.336 e. The van der Waals surface area contributed by atoms with Crippen molar-refractivity contribution in [2.24, 2.45) is 7.05 Å². The number of aryl methyl sites for hydroxylation is 2. The van der Waals surface area contributed by atoms with Crippen LogP contribution in [0.5, 0.6) is 0 Å². The van der Waals surface area contributed by atoms with Crippen LogP contribution in [0.3, 0.4) is 0 Å². The molecule has 0 saturated heterocycles. The molecule has 39 heavy (non-hydrogen) atoms. The Hall–Kier alpha value is -3.90. The lowest BCUT2D eigenvalue weighted by molar-refractivity contribution is 0.607. The van der Waals surface area contributed by atoms with Crippen molar-refractivity contribution in [1.29, 1.82) is 0 Å². The summed E-state index contributed by atoms with van der Waals surface area (Å²) in [6.45, 7) is 3.22. The molecule has 0 aliphatic heterocycles. The summed E-state index contributed by atoms with van der Waals surface area (Å²) >= 11 is 6.30. The average Bonchev–Trinajstić information content (AvgIpc) is 3.65. The van der Waals surface area contributed by atoms with Gasteiger partial charge in [-0.05, 0) is 62.6 Å². The highest BCUT2D eigenvalue weighted by Gasteiger charge is 2.31. The molecule has 0 amide bonds. The van der Waals surface area contributed by atoms with Crippen molar-refractivity contribution in [2.45, 2.75) is 32.7 Å². The molecular formula is C26H25ClFN5O5S. The number of nitrogens with one attached hydrogen (secondary N) is 2. The molecule has 5 rings (SSSR count). The quantitative estimate of drug-likeness (QED) is 0.362.